The van der Waals surface area contributed by atoms with Crippen LogP contribution in [0.1, 0.15) is 47.3 Å². The average Bonchev–Trinajstić information content (AvgIpc) is 2.81. The van der Waals surface area contributed by atoms with E-state index in [4.69, 9.17) is 0 Å². The minimum absolute atomic E-state index is 0.106. The molecule has 0 N–H and O–H groups in total. The van der Waals surface area contributed by atoms with Crippen molar-refractivity contribution in [3.05, 3.63) is 46.0 Å². The largest absolute Gasteiger partial charge is 0.293 e. The van der Waals surface area contributed by atoms with Crippen LogP contribution in [0.25, 0.3) is 0 Å². The van der Waals surface area contributed by atoms with Crippen molar-refractivity contribution in [2.75, 3.05) is 0 Å². The fourth-order valence-corrected chi connectivity index (χ4v) is 2.74. The molecule has 0 unspecified atom stereocenters. The highest BCUT2D eigenvalue weighted by Gasteiger charge is 2.26. The van der Waals surface area contributed by atoms with Gasteiger partial charge in [0.1, 0.15) is 4.88 Å². The Morgan fingerprint density at radius 2 is 1.95 bits per heavy atom. The predicted molar refractivity (Wildman–Crippen MR) is 77.8 cm³/mol. The van der Waals surface area contributed by atoms with E-state index < -0.39 is 0 Å². The van der Waals surface area contributed by atoms with E-state index >= 15 is 0 Å². The highest BCUT2D eigenvalue weighted by Crippen LogP contribution is 2.27. The molecule has 0 spiro atoms. The van der Waals surface area contributed by atoms with E-state index in [1.807, 2.05) is 52.0 Å². The lowest BCUT2D eigenvalue weighted by molar-refractivity contribution is 0.0994. The van der Waals surface area contributed by atoms with Gasteiger partial charge in [-0.25, -0.2) is 0 Å². The zero-order valence-electron chi connectivity index (χ0n) is 11.7. The molecule has 0 aliphatic rings. The lowest BCUT2D eigenvalue weighted by Crippen LogP contribution is -2.17. The third-order valence-electron chi connectivity index (χ3n) is 3.06. The van der Waals surface area contributed by atoms with Gasteiger partial charge in [0.2, 0.25) is 0 Å². The maximum Gasteiger partial charge on any atom is 0.180 e. The number of aromatic nitrogens is 2. The van der Waals surface area contributed by atoms with Crippen molar-refractivity contribution in [1.29, 1.82) is 0 Å². The molecule has 1 aromatic carbocycles. The summed E-state index contributed by atoms with van der Waals surface area (Å²) >= 11 is 1.20. The fourth-order valence-electron chi connectivity index (χ4n) is 1.93. The normalized spacial score (nSPS) is 11.6. The van der Waals surface area contributed by atoms with Crippen LogP contribution >= 0.6 is 11.5 Å². The Morgan fingerprint density at radius 3 is 2.58 bits per heavy atom. The van der Waals surface area contributed by atoms with Crippen LogP contribution in [0.2, 0.25) is 0 Å². The molecule has 0 atom stereocenters. The van der Waals surface area contributed by atoms with Gasteiger partial charge in [0.05, 0.1) is 5.69 Å². The van der Waals surface area contributed by atoms with Crippen LogP contribution < -0.4 is 0 Å². The second kappa shape index (κ2) is 5.21. The van der Waals surface area contributed by atoms with Crippen LogP contribution in [-0.4, -0.2) is 15.4 Å². The minimum Gasteiger partial charge on any atom is -0.293 e. The van der Waals surface area contributed by atoms with Crippen LogP contribution in [0.4, 0.5) is 0 Å². The molecule has 100 valence electrons. The number of hydrogen-bond acceptors (Lipinski definition) is 4. The molecule has 0 amide bonds. The quantitative estimate of drug-likeness (QED) is 0.804. The summed E-state index contributed by atoms with van der Waals surface area (Å²) in [6.45, 7) is 8.18. The molecule has 0 saturated carbocycles. The van der Waals surface area contributed by atoms with E-state index in [9.17, 15) is 4.79 Å². The first-order chi connectivity index (χ1) is 8.89. The monoisotopic (exact) mass is 274 g/mol. The smallest absolute Gasteiger partial charge is 0.180 e. The van der Waals surface area contributed by atoms with Crippen molar-refractivity contribution in [1.82, 2.24) is 9.59 Å². The van der Waals surface area contributed by atoms with Crippen LogP contribution in [-0.2, 0) is 11.8 Å². The summed E-state index contributed by atoms with van der Waals surface area (Å²) in [5.41, 5.74) is 2.87. The molecular weight excluding hydrogens is 256 g/mol. The first-order valence-electron chi connectivity index (χ1n) is 6.30. The van der Waals surface area contributed by atoms with Gasteiger partial charge in [-0.05, 0) is 29.6 Å². The summed E-state index contributed by atoms with van der Waals surface area (Å²) < 4.78 is 3.94. The summed E-state index contributed by atoms with van der Waals surface area (Å²) in [7, 11) is 0. The number of benzene rings is 1. The second-order valence-corrected chi connectivity index (χ2v) is 6.48. The minimum atomic E-state index is -0.149. The lowest BCUT2D eigenvalue weighted by Gasteiger charge is -2.16. The van der Waals surface area contributed by atoms with Crippen molar-refractivity contribution < 1.29 is 4.79 Å². The Hall–Kier alpha value is -1.55. The highest BCUT2D eigenvalue weighted by atomic mass is 32.1. The average molecular weight is 274 g/mol. The number of nitrogens with zero attached hydrogens (tertiary/aromatic N) is 2. The molecular formula is C15H18N2OS. The number of carbonyl (C=O) groups is 1. The zero-order valence-corrected chi connectivity index (χ0v) is 12.5. The van der Waals surface area contributed by atoms with Gasteiger partial charge < -0.3 is 0 Å². The Morgan fingerprint density at radius 1 is 1.26 bits per heavy atom. The number of carbonyl (C=O) groups excluding carboxylic acids is 1. The Bertz CT molecular complexity index is 596. The molecule has 2 rings (SSSR count). The van der Waals surface area contributed by atoms with Crippen LogP contribution in [0.15, 0.2) is 24.3 Å². The maximum absolute atomic E-state index is 12.4. The first-order valence-corrected chi connectivity index (χ1v) is 7.07. The summed E-state index contributed by atoms with van der Waals surface area (Å²) in [5.74, 6) is 0.106. The van der Waals surface area contributed by atoms with E-state index in [0.29, 0.717) is 11.3 Å². The van der Waals surface area contributed by atoms with Crippen LogP contribution in [0.5, 0.6) is 0 Å². The molecule has 4 heteroatoms. The van der Waals surface area contributed by atoms with E-state index in [-0.39, 0.29) is 11.2 Å². The molecule has 0 saturated heterocycles. The molecule has 0 aliphatic carbocycles. The number of aryl methyl sites for hydroxylation is 1. The summed E-state index contributed by atoms with van der Waals surface area (Å²) in [5, 5.41) is 4.12. The molecule has 1 aromatic heterocycles. The number of ketones is 1. The van der Waals surface area contributed by atoms with E-state index in [1.165, 1.54) is 11.5 Å². The number of rotatable bonds is 3. The van der Waals surface area contributed by atoms with Crippen molar-refractivity contribution >= 4 is 17.3 Å². The van der Waals surface area contributed by atoms with Gasteiger partial charge in [0.15, 0.2) is 5.78 Å². The molecule has 0 bridgehead atoms. The van der Waals surface area contributed by atoms with Crippen molar-refractivity contribution in [2.45, 2.75) is 39.5 Å². The molecule has 0 aliphatic heterocycles. The molecule has 2 aromatic rings. The third-order valence-corrected chi connectivity index (χ3v) is 3.83. The van der Waals surface area contributed by atoms with Crippen molar-refractivity contribution in [3.8, 4) is 0 Å². The summed E-state index contributed by atoms with van der Waals surface area (Å²) in [6, 6.07) is 7.97. The molecule has 1 heterocycles. The second-order valence-electron chi connectivity index (χ2n) is 5.73. The van der Waals surface area contributed by atoms with Crippen molar-refractivity contribution in [3.63, 3.8) is 0 Å². The topological polar surface area (TPSA) is 42.9 Å². The van der Waals surface area contributed by atoms with E-state index in [1.54, 1.807) is 0 Å². The van der Waals surface area contributed by atoms with Gasteiger partial charge in [-0.1, -0.05) is 49.5 Å². The van der Waals surface area contributed by atoms with E-state index in [0.717, 1.165) is 16.8 Å². The van der Waals surface area contributed by atoms with Crippen molar-refractivity contribution in [2.24, 2.45) is 0 Å². The third kappa shape index (κ3) is 3.07. The molecule has 0 fully saturated rings. The SMILES string of the molecule is Cc1ccccc1CC(=O)c1snnc1C(C)(C)C. The predicted octanol–water partition coefficient (Wildman–Crippen LogP) is 3.57. The van der Waals surface area contributed by atoms with Crippen LogP contribution in [0.3, 0.4) is 0 Å². The van der Waals surface area contributed by atoms with Gasteiger partial charge in [-0.3, -0.25) is 4.79 Å². The van der Waals surface area contributed by atoms with Gasteiger partial charge >= 0.3 is 0 Å². The molecule has 19 heavy (non-hydrogen) atoms. The van der Waals surface area contributed by atoms with Gasteiger partial charge in [0.25, 0.3) is 0 Å². The fraction of sp³-hybridized carbons (Fsp3) is 0.400. The Balaban J connectivity index is 2.27. The molecule has 0 radical (unpaired) electrons. The first kappa shape index (κ1) is 13.9. The van der Waals surface area contributed by atoms with E-state index in [2.05, 4.69) is 9.59 Å². The maximum atomic E-state index is 12.4. The van der Waals surface area contributed by atoms with Crippen LogP contribution in [0, 0.1) is 6.92 Å². The lowest BCUT2D eigenvalue weighted by atomic mass is 9.90. The van der Waals surface area contributed by atoms with Gasteiger partial charge in [-0.2, -0.15) is 0 Å². The number of hydrogen-bond donors (Lipinski definition) is 0. The standard InChI is InChI=1S/C15H18N2OS/c1-10-7-5-6-8-11(10)9-12(18)13-14(15(2,3)4)16-17-19-13/h5-8H,9H2,1-4H3. The van der Waals surface area contributed by atoms with Gasteiger partial charge in [-0.15, -0.1) is 5.10 Å². The summed E-state index contributed by atoms with van der Waals surface area (Å²) in [4.78, 5) is 13.1. The summed E-state index contributed by atoms with van der Waals surface area (Å²) in [6.07, 6.45) is 0.416. The Kier molecular flexibility index (Phi) is 3.80. The highest BCUT2D eigenvalue weighted by molar-refractivity contribution is 7.08. The zero-order chi connectivity index (χ0) is 14.0. The molecule has 3 nitrogen and oxygen atoms in total. The van der Waals surface area contributed by atoms with Gasteiger partial charge in [0, 0.05) is 11.8 Å². The number of Topliss-reactive ketones (excluding diaryl/α,β-unsaturated/α-hetero) is 1. The Labute approximate surface area is 117 Å².